The van der Waals surface area contributed by atoms with Gasteiger partial charge in [-0.15, -0.1) is 0 Å². The molecular weight excluding hydrogens is 618 g/mol. The molecule has 218 valence electrons. The van der Waals surface area contributed by atoms with Crippen LogP contribution in [0.15, 0.2) is 119 Å². The molecule has 10 heteroatoms. The van der Waals surface area contributed by atoms with E-state index in [4.69, 9.17) is 4.74 Å². The lowest BCUT2D eigenvalue weighted by molar-refractivity contribution is -0.139. The van der Waals surface area contributed by atoms with Gasteiger partial charge in [-0.3, -0.25) is 13.9 Å². The molecule has 0 bridgehead atoms. The zero-order valence-electron chi connectivity index (χ0n) is 23.3. The molecule has 4 aromatic rings. The molecule has 0 radical (unpaired) electrons. The Bertz CT molecular complexity index is 1600. The van der Waals surface area contributed by atoms with Crippen molar-refractivity contribution < 1.29 is 22.7 Å². The minimum atomic E-state index is -4.15. The summed E-state index contributed by atoms with van der Waals surface area (Å²) in [6, 6.07) is 30.2. The summed E-state index contributed by atoms with van der Waals surface area (Å²) in [5.74, 6) is 0.282. The van der Waals surface area contributed by atoms with Crippen LogP contribution in [0.1, 0.15) is 19.4 Å². The number of hydrogen-bond acceptors (Lipinski definition) is 5. The molecule has 0 spiro atoms. The Morgan fingerprint density at radius 1 is 0.857 bits per heavy atom. The van der Waals surface area contributed by atoms with E-state index in [0.717, 1.165) is 14.3 Å². The van der Waals surface area contributed by atoms with Crippen LogP contribution in [0.25, 0.3) is 0 Å². The highest BCUT2D eigenvalue weighted by atomic mass is 79.9. The first-order valence-corrected chi connectivity index (χ1v) is 15.6. The van der Waals surface area contributed by atoms with Crippen LogP contribution in [0.3, 0.4) is 0 Å². The van der Waals surface area contributed by atoms with Crippen LogP contribution in [0.4, 0.5) is 5.69 Å². The number of hydrogen-bond donors (Lipinski definition) is 1. The standard InChI is InChI=1S/C32H32BrN3O5S/c1-3-34-32(38)24(2)35(22-25-11-10-12-26(33)21-25)31(37)23-36(42(39,40)30-15-8-5-9-16-30)27-17-19-29(20-18-27)41-28-13-6-4-7-14-28/h4-21,24H,3,22-23H2,1-2H3,(H,34,38)/t24-/m1/s1. The first-order valence-electron chi connectivity index (χ1n) is 13.4. The Kier molecular flexibility index (Phi) is 10.4. The van der Waals surface area contributed by atoms with E-state index in [1.165, 1.54) is 17.0 Å². The van der Waals surface area contributed by atoms with Gasteiger partial charge in [-0.2, -0.15) is 0 Å². The summed E-state index contributed by atoms with van der Waals surface area (Å²) in [5, 5.41) is 2.76. The molecule has 8 nitrogen and oxygen atoms in total. The Balaban J connectivity index is 1.69. The fraction of sp³-hybridized carbons (Fsp3) is 0.188. The van der Waals surface area contributed by atoms with Crippen LogP contribution in [-0.2, 0) is 26.2 Å². The van der Waals surface area contributed by atoms with Crippen LogP contribution < -0.4 is 14.4 Å². The van der Waals surface area contributed by atoms with Crippen LogP contribution in [0.5, 0.6) is 11.5 Å². The minimum Gasteiger partial charge on any atom is -0.457 e. The van der Waals surface area contributed by atoms with Gasteiger partial charge in [0.05, 0.1) is 10.6 Å². The zero-order chi connectivity index (χ0) is 30.1. The van der Waals surface area contributed by atoms with E-state index in [2.05, 4.69) is 21.2 Å². The molecule has 1 atom stereocenters. The molecule has 4 rings (SSSR count). The van der Waals surface area contributed by atoms with Crippen LogP contribution >= 0.6 is 15.9 Å². The Morgan fingerprint density at radius 2 is 1.48 bits per heavy atom. The molecule has 0 aliphatic rings. The second-order valence-electron chi connectivity index (χ2n) is 9.46. The number of para-hydroxylation sites is 1. The molecule has 0 aliphatic carbocycles. The molecule has 0 unspecified atom stereocenters. The van der Waals surface area contributed by atoms with Gasteiger partial charge in [0.2, 0.25) is 11.8 Å². The normalized spacial score (nSPS) is 11.8. The largest absolute Gasteiger partial charge is 0.457 e. The summed E-state index contributed by atoms with van der Waals surface area (Å²) < 4.78 is 35.6. The number of benzene rings is 4. The van der Waals surface area contributed by atoms with Crippen molar-refractivity contribution >= 4 is 43.5 Å². The molecule has 1 N–H and O–H groups in total. The molecule has 42 heavy (non-hydrogen) atoms. The van der Waals surface area contributed by atoms with E-state index < -0.39 is 28.5 Å². The van der Waals surface area contributed by atoms with Gasteiger partial charge in [0, 0.05) is 17.6 Å². The average molecular weight is 651 g/mol. The van der Waals surface area contributed by atoms with Gasteiger partial charge in [-0.05, 0) is 80.1 Å². The Morgan fingerprint density at radius 3 is 2.10 bits per heavy atom. The number of nitrogens with zero attached hydrogens (tertiary/aromatic N) is 2. The molecular formula is C32H32BrN3O5S. The van der Waals surface area contributed by atoms with Gasteiger partial charge in [0.15, 0.2) is 0 Å². The van der Waals surface area contributed by atoms with E-state index in [0.29, 0.717) is 18.0 Å². The lowest BCUT2D eigenvalue weighted by Crippen LogP contribution is -2.51. The van der Waals surface area contributed by atoms with Gasteiger partial charge in [0.25, 0.3) is 10.0 Å². The number of amides is 2. The van der Waals surface area contributed by atoms with E-state index in [1.54, 1.807) is 56.3 Å². The summed E-state index contributed by atoms with van der Waals surface area (Å²) in [6.45, 7) is 3.42. The second-order valence-corrected chi connectivity index (χ2v) is 12.2. The number of carbonyl (C=O) groups excluding carboxylic acids is 2. The highest BCUT2D eigenvalue weighted by Crippen LogP contribution is 2.28. The van der Waals surface area contributed by atoms with E-state index in [-0.39, 0.29) is 23.0 Å². The maximum Gasteiger partial charge on any atom is 0.264 e. The van der Waals surface area contributed by atoms with Crippen LogP contribution in [-0.4, -0.2) is 44.3 Å². The van der Waals surface area contributed by atoms with E-state index >= 15 is 0 Å². The van der Waals surface area contributed by atoms with Crippen LogP contribution in [0.2, 0.25) is 0 Å². The van der Waals surface area contributed by atoms with Gasteiger partial charge < -0.3 is 15.0 Å². The highest BCUT2D eigenvalue weighted by molar-refractivity contribution is 9.10. The lowest BCUT2D eigenvalue weighted by atomic mass is 10.1. The van der Waals surface area contributed by atoms with Crippen molar-refractivity contribution in [1.82, 2.24) is 10.2 Å². The summed E-state index contributed by atoms with van der Waals surface area (Å²) in [5.41, 5.74) is 1.06. The van der Waals surface area contributed by atoms with Crippen molar-refractivity contribution in [3.63, 3.8) is 0 Å². The lowest BCUT2D eigenvalue weighted by Gasteiger charge is -2.32. The first-order chi connectivity index (χ1) is 20.2. The molecule has 2 amide bonds. The summed E-state index contributed by atoms with van der Waals surface area (Å²) in [6.07, 6.45) is 0. The minimum absolute atomic E-state index is 0.0396. The molecule has 0 saturated carbocycles. The predicted molar refractivity (Wildman–Crippen MR) is 167 cm³/mol. The number of carbonyl (C=O) groups is 2. The third-order valence-electron chi connectivity index (χ3n) is 6.47. The maximum atomic E-state index is 14.0. The van der Waals surface area contributed by atoms with Crippen molar-refractivity contribution in [1.29, 1.82) is 0 Å². The molecule has 0 fully saturated rings. The smallest absolute Gasteiger partial charge is 0.264 e. The van der Waals surface area contributed by atoms with Gasteiger partial charge >= 0.3 is 0 Å². The van der Waals surface area contributed by atoms with Crippen LogP contribution in [0, 0.1) is 0 Å². The van der Waals surface area contributed by atoms with Crippen molar-refractivity contribution in [3.8, 4) is 11.5 Å². The van der Waals surface area contributed by atoms with E-state index in [9.17, 15) is 18.0 Å². The van der Waals surface area contributed by atoms with Crippen molar-refractivity contribution in [2.24, 2.45) is 0 Å². The summed E-state index contributed by atoms with van der Waals surface area (Å²) in [4.78, 5) is 28.2. The van der Waals surface area contributed by atoms with Crippen molar-refractivity contribution in [3.05, 3.63) is 119 Å². The highest BCUT2D eigenvalue weighted by Gasteiger charge is 2.32. The number of ether oxygens (including phenoxy) is 1. The van der Waals surface area contributed by atoms with Gasteiger partial charge in [-0.1, -0.05) is 64.5 Å². The zero-order valence-corrected chi connectivity index (χ0v) is 25.7. The monoisotopic (exact) mass is 649 g/mol. The SMILES string of the molecule is CCNC(=O)[C@@H](C)N(Cc1cccc(Br)c1)C(=O)CN(c1ccc(Oc2ccccc2)cc1)S(=O)(=O)c1ccccc1. The third kappa shape index (κ3) is 7.77. The topological polar surface area (TPSA) is 96.0 Å². The van der Waals surface area contributed by atoms with Crippen molar-refractivity contribution in [2.45, 2.75) is 31.3 Å². The Labute approximate surface area is 255 Å². The number of anilines is 1. The molecule has 0 saturated heterocycles. The maximum absolute atomic E-state index is 14.0. The molecule has 0 heterocycles. The summed E-state index contributed by atoms with van der Waals surface area (Å²) >= 11 is 3.45. The summed E-state index contributed by atoms with van der Waals surface area (Å²) in [7, 11) is -4.15. The average Bonchev–Trinajstić information content (AvgIpc) is 3.00. The van der Waals surface area contributed by atoms with Crippen molar-refractivity contribution in [2.75, 3.05) is 17.4 Å². The van der Waals surface area contributed by atoms with Gasteiger partial charge in [-0.25, -0.2) is 8.42 Å². The molecule has 0 aliphatic heterocycles. The molecule has 4 aromatic carbocycles. The number of likely N-dealkylation sites (N-methyl/N-ethyl adjacent to an activating group) is 1. The second kappa shape index (κ2) is 14.2. The van der Waals surface area contributed by atoms with Gasteiger partial charge in [0.1, 0.15) is 24.1 Å². The number of halogens is 1. The Hall–Kier alpha value is -4.15. The molecule has 0 aromatic heterocycles. The van der Waals surface area contributed by atoms with E-state index in [1.807, 2.05) is 54.6 Å². The predicted octanol–water partition coefficient (Wildman–Crippen LogP) is 5.99. The third-order valence-corrected chi connectivity index (χ3v) is 8.76. The number of sulfonamides is 1. The fourth-order valence-corrected chi connectivity index (χ4v) is 6.17. The fourth-order valence-electron chi connectivity index (χ4n) is 4.29. The quantitative estimate of drug-likeness (QED) is 0.203. The first kappa shape index (κ1) is 30.8. The number of nitrogens with one attached hydrogen (secondary N) is 1. The number of rotatable bonds is 12.